The topological polar surface area (TPSA) is 180 Å². The van der Waals surface area contributed by atoms with Gasteiger partial charge in [0.2, 0.25) is 23.8 Å². The van der Waals surface area contributed by atoms with E-state index >= 15 is 0 Å². The lowest BCUT2D eigenvalue weighted by atomic mass is 9.82. The summed E-state index contributed by atoms with van der Waals surface area (Å²) in [6.07, 6.45) is 12.1. The predicted molar refractivity (Wildman–Crippen MR) is 185 cm³/mol. The quantitative estimate of drug-likeness (QED) is 0.294. The van der Waals surface area contributed by atoms with E-state index in [2.05, 4.69) is 25.9 Å². The minimum Gasteiger partial charge on any atom is -0.433 e. The zero-order chi connectivity index (χ0) is 36.4. The number of imide groups is 1. The smallest absolute Gasteiger partial charge is 0.417 e. The van der Waals surface area contributed by atoms with Crippen LogP contribution in [0.2, 0.25) is 0 Å². The molecule has 0 radical (unpaired) electrons. The highest BCUT2D eigenvalue weighted by Crippen LogP contribution is 2.43. The average Bonchev–Trinajstić information content (AvgIpc) is 3.59. The maximum atomic E-state index is 14.7. The minimum atomic E-state index is -1.11. The number of hydrogen-bond donors (Lipinski definition) is 3. The van der Waals surface area contributed by atoms with Crippen LogP contribution in [0.5, 0.6) is 0 Å². The maximum absolute atomic E-state index is 14.7. The number of cyclic esters (lactones) is 1. The first kappa shape index (κ1) is 36.7. The molecule has 1 aromatic rings. The summed E-state index contributed by atoms with van der Waals surface area (Å²) in [4.78, 5) is 93.2. The van der Waals surface area contributed by atoms with Gasteiger partial charge in [-0.3, -0.25) is 29.0 Å². The molecule has 51 heavy (non-hydrogen) atoms. The van der Waals surface area contributed by atoms with Crippen LogP contribution in [0.4, 0.5) is 4.79 Å². The van der Waals surface area contributed by atoms with Crippen molar-refractivity contribution in [1.82, 2.24) is 35.7 Å². The first-order valence-electron chi connectivity index (χ1n) is 18.9. The van der Waals surface area contributed by atoms with Crippen LogP contribution >= 0.6 is 0 Å². The van der Waals surface area contributed by atoms with Crippen molar-refractivity contribution in [2.45, 2.75) is 141 Å². The fourth-order valence-corrected chi connectivity index (χ4v) is 8.65. The first-order valence-corrected chi connectivity index (χ1v) is 18.9. The molecule has 2 aliphatic heterocycles. The molecule has 5 fully saturated rings. The van der Waals surface area contributed by atoms with Crippen LogP contribution in [0.15, 0.2) is 18.6 Å². The summed E-state index contributed by atoms with van der Waals surface area (Å²) in [7, 11) is 0. The van der Waals surface area contributed by atoms with Crippen LogP contribution in [0, 0.1) is 23.2 Å². The summed E-state index contributed by atoms with van der Waals surface area (Å²) in [6.45, 7) is 7.94. The van der Waals surface area contributed by atoms with Gasteiger partial charge in [-0.2, -0.15) is 0 Å². The second kappa shape index (κ2) is 15.2. The number of ether oxygens (including phenoxy) is 1. The lowest BCUT2D eigenvalue weighted by molar-refractivity contribution is -0.145. The van der Waals surface area contributed by atoms with Gasteiger partial charge >= 0.3 is 6.09 Å². The molecule has 1 aromatic heterocycles. The number of likely N-dealkylation sites (tertiary alicyclic amines) is 1. The number of nitrogens with zero attached hydrogens (tertiary/aromatic N) is 4. The fraction of sp³-hybridized carbons (Fsp3) is 0.730. The second-order valence-electron chi connectivity index (χ2n) is 16.2. The third kappa shape index (κ3) is 7.89. The molecular formula is C37H53N7O7. The van der Waals surface area contributed by atoms with E-state index in [-0.39, 0.29) is 41.3 Å². The van der Waals surface area contributed by atoms with Gasteiger partial charge in [0.1, 0.15) is 23.8 Å². The van der Waals surface area contributed by atoms with Gasteiger partial charge in [-0.15, -0.1) is 0 Å². The summed E-state index contributed by atoms with van der Waals surface area (Å²) < 4.78 is 5.54. The van der Waals surface area contributed by atoms with E-state index in [4.69, 9.17) is 4.74 Å². The molecule has 1 unspecified atom stereocenters. The number of rotatable bonds is 12. The van der Waals surface area contributed by atoms with Gasteiger partial charge in [-0.25, -0.2) is 14.7 Å². The van der Waals surface area contributed by atoms with Crippen LogP contribution in [0.25, 0.3) is 0 Å². The van der Waals surface area contributed by atoms with Crippen molar-refractivity contribution in [3.05, 3.63) is 24.3 Å². The summed E-state index contributed by atoms with van der Waals surface area (Å²) >= 11 is 0. The third-order valence-corrected chi connectivity index (χ3v) is 11.4. The molecule has 3 heterocycles. The SMILES string of the molecule is CCC[C@H](NC(=O)[C@@H]1[C@H]2CCC[C@H]2CN1C(=O)[C@@H](NC(=O)[C@@H](NC(=O)c1cnccn1)C1CCCCC1)C(C)(C)C)C1OC(=O)N(C2CC2)C1=O. The lowest BCUT2D eigenvalue weighted by Crippen LogP contribution is -2.62. The Hall–Kier alpha value is -4.10. The number of hydrogen-bond acceptors (Lipinski definition) is 9. The summed E-state index contributed by atoms with van der Waals surface area (Å²) in [6, 6.07) is -3.55. The molecule has 14 nitrogen and oxygen atoms in total. The Bertz CT molecular complexity index is 1490. The van der Waals surface area contributed by atoms with Crippen molar-refractivity contribution in [2.75, 3.05) is 6.54 Å². The van der Waals surface area contributed by atoms with Gasteiger partial charge in [0.05, 0.1) is 12.2 Å². The van der Waals surface area contributed by atoms with Crippen molar-refractivity contribution < 1.29 is 33.5 Å². The molecular weight excluding hydrogens is 654 g/mol. The Kier molecular flexibility index (Phi) is 11.0. The minimum absolute atomic E-state index is 0.0707. The van der Waals surface area contributed by atoms with E-state index in [1.165, 1.54) is 23.5 Å². The van der Waals surface area contributed by atoms with Crippen molar-refractivity contribution in [1.29, 1.82) is 0 Å². The average molecular weight is 708 g/mol. The van der Waals surface area contributed by atoms with Crippen LogP contribution in [0.1, 0.15) is 115 Å². The Morgan fingerprint density at radius 1 is 0.941 bits per heavy atom. The number of carbonyl (C=O) groups excluding carboxylic acids is 6. The van der Waals surface area contributed by atoms with E-state index < -0.39 is 59.5 Å². The third-order valence-electron chi connectivity index (χ3n) is 11.4. The number of aromatic nitrogens is 2. The maximum Gasteiger partial charge on any atom is 0.417 e. The van der Waals surface area contributed by atoms with E-state index in [1.54, 1.807) is 4.90 Å². The molecule has 0 aromatic carbocycles. The highest BCUT2D eigenvalue weighted by atomic mass is 16.6. The molecule has 3 aliphatic carbocycles. The largest absolute Gasteiger partial charge is 0.433 e. The summed E-state index contributed by atoms with van der Waals surface area (Å²) in [5.74, 6) is -2.17. The summed E-state index contributed by atoms with van der Waals surface area (Å²) in [5, 5.41) is 8.97. The van der Waals surface area contributed by atoms with Crippen LogP contribution < -0.4 is 16.0 Å². The molecule has 6 rings (SSSR count). The normalized spacial score (nSPS) is 27.0. The van der Waals surface area contributed by atoms with E-state index in [0.29, 0.717) is 19.4 Å². The lowest BCUT2D eigenvalue weighted by Gasteiger charge is -2.38. The van der Waals surface area contributed by atoms with Crippen molar-refractivity contribution >= 4 is 35.6 Å². The van der Waals surface area contributed by atoms with Gasteiger partial charge in [0, 0.05) is 25.0 Å². The number of fused-ring (bicyclic) bond motifs is 1. The van der Waals surface area contributed by atoms with Crippen molar-refractivity contribution in [2.24, 2.45) is 23.2 Å². The van der Waals surface area contributed by atoms with Crippen molar-refractivity contribution in [3.8, 4) is 0 Å². The Morgan fingerprint density at radius 2 is 1.69 bits per heavy atom. The summed E-state index contributed by atoms with van der Waals surface area (Å²) in [5.41, 5.74) is -0.637. The van der Waals surface area contributed by atoms with E-state index in [9.17, 15) is 28.8 Å². The molecule has 3 N–H and O–H groups in total. The van der Waals surface area contributed by atoms with E-state index in [0.717, 1.165) is 64.2 Å². The highest BCUT2D eigenvalue weighted by Gasteiger charge is 2.54. The van der Waals surface area contributed by atoms with Crippen LogP contribution in [-0.4, -0.2) is 98.3 Å². The first-order chi connectivity index (χ1) is 24.4. The van der Waals surface area contributed by atoms with Gasteiger partial charge < -0.3 is 25.6 Å². The zero-order valence-corrected chi connectivity index (χ0v) is 30.3. The fourth-order valence-electron chi connectivity index (χ4n) is 8.65. The van der Waals surface area contributed by atoms with Crippen LogP contribution in [-0.2, 0) is 23.9 Å². The van der Waals surface area contributed by atoms with E-state index in [1.807, 2.05) is 27.7 Å². The molecule has 14 heteroatoms. The number of nitrogens with one attached hydrogen (secondary N) is 3. The Balaban J connectivity index is 1.22. The molecule has 5 aliphatic rings. The molecule has 6 amide bonds. The van der Waals surface area contributed by atoms with Crippen molar-refractivity contribution in [3.63, 3.8) is 0 Å². The molecule has 3 saturated carbocycles. The van der Waals surface area contributed by atoms with Crippen LogP contribution in [0.3, 0.4) is 0 Å². The second-order valence-corrected chi connectivity index (χ2v) is 16.2. The van der Waals surface area contributed by atoms with Gasteiger partial charge in [0.25, 0.3) is 11.8 Å². The van der Waals surface area contributed by atoms with Gasteiger partial charge in [0.15, 0.2) is 0 Å². The molecule has 278 valence electrons. The Morgan fingerprint density at radius 3 is 2.33 bits per heavy atom. The monoisotopic (exact) mass is 707 g/mol. The molecule has 7 atom stereocenters. The number of amides is 6. The molecule has 2 saturated heterocycles. The zero-order valence-electron chi connectivity index (χ0n) is 30.3. The van der Waals surface area contributed by atoms with Gasteiger partial charge in [-0.1, -0.05) is 59.8 Å². The molecule has 0 spiro atoms. The standard InChI is InChI=1S/C37H53N7O7/c1-5-10-25(29-34(48)44(23-15-16-23)36(50)51-29)40-33(47)28-24-14-9-13-22(24)20-43(28)35(49)30(37(2,3)4)42-32(46)27(21-11-7-6-8-12-21)41-31(45)26-19-38-17-18-39-26/h17-19,21-25,27-30H,5-16,20H2,1-4H3,(H,40,47)(H,41,45)(H,42,46)/t22-,24-,25-,27-,28-,29?,30+/m0/s1. The number of carbonyl (C=O) groups is 6. The Labute approximate surface area is 299 Å². The predicted octanol–water partition coefficient (Wildman–Crippen LogP) is 3.11. The molecule has 0 bridgehead atoms. The van der Waals surface area contributed by atoms with Gasteiger partial charge in [-0.05, 0) is 68.1 Å². The highest BCUT2D eigenvalue weighted by molar-refractivity contribution is 6.02.